The Kier molecular flexibility index (Phi) is 8.81. The second-order valence-electron chi connectivity index (χ2n) is 8.59. The first-order valence-electron chi connectivity index (χ1n) is 12.2. The van der Waals surface area contributed by atoms with Crippen molar-refractivity contribution in [3.8, 4) is 17.0 Å². The van der Waals surface area contributed by atoms with E-state index in [9.17, 15) is 4.79 Å². The predicted molar refractivity (Wildman–Crippen MR) is 134 cm³/mol. The van der Waals surface area contributed by atoms with Gasteiger partial charge in [-0.25, -0.2) is 0 Å². The number of hydrogen-bond donors (Lipinski definition) is 1. The van der Waals surface area contributed by atoms with Gasteiger partial charge >= 0.3 is 0 Å². The lowest BCUT2D eigenvalue weighted by atomic mass is 9.89. The Morgan fingerprint density at radius 1 is 1.12 bits per heavy atom. The fourth-order valence-corrected chi connectivity index (χ4v) is 4.64. The minimum absolute atomic E-state index is 0.0712. The molecule has 1 aliphatic rings. The van der Waals surface area contributed by atoms with Gasteiger partial charge in [0.15, 0.2) is 0 Å². The minimum atomic E-state index is -0.0712. The van der Waals surface area contributed by atoms with Gasteiger partial charge in [-0.15, -0.1) is 0 Å². The number of furan rings is 1. The van der Waals surface area contributed by atoms with Gasteiger partial charge in [0, 0.05) is 23.5 Å². The zero-order valence-electron chi connectivity index (χ0n) is 20.7. The SMILES string of the molecule is CC.COc1ccc(C)c(-c2cc(C(=O)NCc3ccco3)c(C)n2CC2CCCCC2)c1. The summed E-state index contributed by atoms with van der Waals surface area (Å²) in [5.41, 5.74) is 5.11. The van der Waals surface area contributed by atoms with Gasteiger partial charge in [0.05, 0.1) is 25.5 Å². The molecule has 1 N–H and O–H groups in total. The number of rotatable bonds is 7. The van der Waals surface area contributed by atoms with E-state index < -0.39 is 0 Å². The van der Waals surface area contributed by atoms with Crippen molar-refractivity contribution in [3.05, 3.63) is 65.2 Å². The van der Waals surface area contributed by atoms with Crippen LogP contribution < -0.4 is 10.1 Å². The van der Waals surface area contributed by atoms with Crippen molar-refractivity contribution in [1.82, 2.24) is 9.88 Å². The zero-order chi connectivity index (χ0) is 23.8. The van der Waals surface area contributed by atoms with Gasteiger partial charge in [-0.1, -0.05) is 39.2 Å². The molecule has 0 atom stereocenters. The maximum absolute atomic E-state index is 13.1. The summed E-state index contributed by atoms with van der Waals surface area (Å²) in [7, 11) is 1.69. The third-order valence-corrected chi connectivity index (χ3v) is 6.50. The van der Waals surface area contributed by atoms with Crippen LogP contribution in [-0.4, -0.2) is 17.6 Å². The highest BCUT2D eigenvalue weighted by molar-refractivity contribution is 5.97. The van der Waals surface area contributed by atoms with Gasteiger partial charge in [0.2, 0.25) is 0 Å². The molecule has 2 heterocycles. The van der Waals surface area contributed by atoms with Crippen LogP contribution in [0.1, 0.15) is 73.3 Å². The van der Waals surface area contributed by atoms with Gasteiger partial charge in [-0.3, -0.25) is 4.79 Å². The molecule has 0 radical (unpaired) electrons. The maximum Gasteiger partial charge on any atom is 0.253 e. The lowest BCUT2D eigenvalue weighted by Crippen LogP contribution is -2.23. The van der Waals surface area contributed by atoms with E-state index >= 15 is 0 Å². The monoisotopic (exact) mass is 450 g/mol. The Bertz CT molecular complexity index is 1030. The molecule has 1 amide bonds. The summed E-state index contributed by atoms with van der Waals surface area (Å²) in [6.07, 6.45) is 8.08. The van der Waals surface area contributed by atoms with Crippen LogP contribution in [0.4, 0.5) is 0 Å². The van der Waals surface area contributed by atoms with Crippen molar-refractivity contribution in [2.75, 3.05) is 7.11 Å². The Morgan fingerprint density at radius 3 is 2.55 bits per heavy atom. The highest BCUT2D eigenvalue weighted by atomic mass is 16.5. The quantitative estimate of drug-likeness (QED) is 0.425. The Hall–Kier alpha value is -2.95. The van der Waals surface area contributed by atoms with Crippen molar-refractivity contribution in [1.29, 1.82) is 0 Å². The molecule has 0 unspecified atom stereocenters. The minimum Gasteiger partial charge on any atom is -0.497 e. The molecule has 3 aromatic rings. The number of aromatic nitrogens is 1. The standard InChI is InChI=1S/C26H32N2O3.C2H6/c1-18-11-12-21(30-3)14-23(18)25-15-24(26(29)27-16-22-10-7-13-31-22)19(2)28(25)17-20-8-5-4-6-9-20;1-2/h7,10-15,20H,4-6,8-9,16-17H2,1-3H3,(H,27,29);1-2H3. The number of nitrogens with zero attached hydrogens (tertiary/aromatic N) is 1. The van der Waals surface area contributed by atoms with Crippen molar-refractivity contribution >= 4 is 5.91 Å². The number of aryl methyl sites for hydroxylation is 1. The average Bonchev–Trinajstić information content (AvgIpc) is 3.48. The van der Waals surface area contributed by atoms with Crippen molar-refractivity contribution < 1.29 is 13.9 Å². The van der Waals surface area contributed by atoms with Crippen LogP contribution in [0.2, 0.25) is 0 Å². The lowest BCUT2D eigenvalue weighted by Gasteiger charge is -2.24. The Balaban J connectivity index is 0.00000149. The topological polar surface area (TPSA) is 56.4 Å². The van der Waals surface area contributed by atoms with E-state index in [1.807, 2.05) is 38.1 Å². The number of hydrogen-bond acceptors (Lipinski definition) is 3. The van der Waals surface area contributed by atoms with Crippen LogP contribution in [0.25, 0.3) is 11.3 Å². The summed E-state index contributed by atoms with van der Waals surface area (Å²) in [6.45, 7) is 9.50. The van der Waals surface area contributed by atoms with E-state index in [-0.39, 0.29) is 5.91 Å². The van der Waals surface area contributed by atoms with Crippen molar-refractivity contribution in [3.63, 3.8) is 0 Å². The lowest BCUT2D eigenvalue weighted by molar-refractivity contribution is 0.0947. The van der Waals surface area contributed by atoms with Crippen LogP contribution in [0.5, 0.6) is 5.75 Å². The number of nitrogens with one attached hydrogen (secondary N) is 1. The van der Waals surface area contributed by atoms with Gasteiger partial charge in [-0.05, 0) is 68.5 Å². The molecule has 33 heavy (non-hydrogen) atoms. The first-order chi connectivity index (χ1) is 16.1. The molecule has 0 saturated heterocycles. The molecule has 1 saturated carbocycles. The van der Waals surface area contributed by atoms with Crippen LogP contribution in [0, 0.1) is 19.8 Å². The smallest absolute Gasteiger partial charge is 0.253 e. The molecular formula is C28H38N2O3. The summed E-state index contributed by atoms with van der Waals surface area (Å²) < 4.78 is 13.2. The number of amides is 1. The number of methoxy groups -OCH3 is 1. The Labute approximate surface area is 198 Å². The van der Waals surface area contributed by atoms with Gasteiger partial charge in [0.1, 0.15) is 11.5 Å². The molecule has 5 nitrogen and oxygen atoms in total. The fraction of sp³-hybridized carbons (Fsp3) is 0.464. The predicted octanol–water partition coefficient (Wildman–Crippen LogP) is 6.91. The van der Waals surface area contributed by atoms with E-state index in [0.717, 1.165) is 40.6 Å². The summed E-state index contributed by atoms with van der Waals surface area (Å²) >= 11 is 0. The molecule has 1 aliphatic carbocycles. The summed E-state index contributed by atoms with van der Waals surface area (Å²) in [6, 6.07) is 11.9. The molecule has 0 bridgehead atoms. The molecule has 0 aliphatic heterocycles. The van der Waals surface area contributed by atoms with Crippen molar-refractivity contribution in [2.24, 2.45) is 5.92 Å². The van der Waals surface area contributed by atoms with Crippen LogP contribution in [0.3, 0.4) is 0 Å². The first kappa shape index (κ1) is 24.7. The third kappa shape index (κ3) is 5.89. The van der Waals surface area contributed by atoms with Crippen LogP contribution in [-0.2, 0) is 13.1 Å². The second-order valence-corrected chi connectivity index (χ2v) is 8.59. The van der Waals surface area contributed by atoms with E-state index in [1.54, 1.807) is 13.4 Å². The Morgan fingerprint density at radius 2 is 1.88 bits per heavy atom. The van der Waals surface area contributed by atoms with Crippen molar-refractivity contribution in [2.45, 2.75) is 72.9 Å². The highest BCUT2D eigenvalue weighted by Gasteiger charge is 2.23. The van der Waals surface area contributed by atoms with E-state index in [4.69, 9.17) is 9.15 Å². The third-order valence-electron chi connectivity index (χ3n) is 6.50. The highest BCUT2D eigenvalue weighted by Crippen LogP contribution is 2.34. The molecule has 178 valence electrons. The van der Waals surface area contributed by atoms with E-state index in [0.29, 0.717) is 12.5 Å². The van der Waals surface area contributed by atoms with E-state index in [1.165, 1.54) is 37.7 Å². The molecule has 0 spiro atoms. The molecular weight excluding hydrogens is 412 g/mol. The number of carbonyl (C=O) groups excluding carboxylic acids is 1. The number of ether oxygens (including phenoxy) is 1. The second kappa shape index (κ2) is 11.8. The number of benzene rings is 1. The summed E-state index contributed by atoms with van der Waals surface area (Å²) in [4.78, 5) is 13.1. The van der Waals surface area contributed by atoms with Gasteiger partial charge in [-0.2, -0.15) is 0 Å². The molecule has 2 aromatic heterocycles. The van der Waals surface area contributed by atoms with Gasteiger partial charge in [0.25, 0.3) is 5.91 Å². The van der Waals surface area contributed by atoms with Gasteiger partial charge < -0.3 is 19.0 Å². The van der Waals surface area contributed by atoms with E-state index in [2.05, 4.69) is 35.9 Å². The number of carbonyl (C=O) groups is 1. The normalized spacial score (nSPS) is 13.8. The van der Waals surface area contributed by atoms with Crippen LogP contribution in [0.15, 0.2) is 47.1 Å². The largest absolute Gasteiger partial charge is 0.497 e. The molecule has 4 rings (SSSR count). The summed E-state index contributed by atoms with van der Waals surface area (Å²) in [5.74, 6) is 2.16. The maximum atomic E-state index is 13.1. The molecule has 5 heteroatoms. The first-order valence-corrected chi connectivity index (χ1v) is 12.2. The van der Waals surface area contributed by atoms with Crippen LogP contribution >= 0.6 is 0 Å². The fourth-order valence-electron chi connectivity index (χ4n) is 4.64. The zero-order valence-corrected chi connectivity index (χ0v) is 20.7. The average molecular weight is 451 g/mol. The summed E-state index contributed by atoms with van der Waals surface area (Å²) in [5, 5.41) is 3.00. The molecule has 1 fully saturated rings. The molecule has 1 aromatic carbocycles.